The molecule has 1 aromatic rings. The summed E-state index contributed by atoms with van der Waals surface area (Å²) in [7, 11) is 0. The molecule has 0 aliphatic heterocycles. The smallest absolute Gasteiger partial charge is 0.179 e. The molecule has 0 bridgehead atoms. The summed E-state index contributed by atoms with van der Waals surface area (Å²) < 4.78 is 10.7. The van der Waals surface area contributed by atoms with Crippen molar-refractivity contribution in [1.29, 1.82) is 10.5 Å². The Morgan fingerprint density at radius 3 is 2.81 bits per heavy atom. The minimum absolute atomic E-state index is 0.172. The summed E-state index contributed by atoms with van der Waals surface area (Å²) in [4.78, 5) is 0. The topological polar surface area (TPSA) is 69.9 Å². The molecule has 0 aromatic carbocycles. The number of furan rings is 1. The van der Waals surface area contributed by atoms with Crippen LogP contribution in [0, 0.1) is 28.1 Å². The largest absolute Gasteiger partial charge is 0.469 e. The Bertz CT molecular complexity index is 425. The van der Waals surface area contributed by atoms with Crippen molar-refractivity contribution in [1.82, 2.24) is 0 Å². The second kappa shape index (κ2) is 4.00. The van der Waals surface area contributed by atoms with Gasteiger partial charge in [-0.2, -0.15) is 10.5 Å². The van der Waals surface area contributed by atoms with E-state index >= 15 is 0 Å². The van der Waals surface area contributed by atoms with Crippen LogP contribution in [-0.4, -0.2) is 12.7 Å². The van der Waals surface area contributed by atoms with Crippen LogP contribution >= 0.6 is 0 Å². The van der Waals surface area contributed by atoms with Crippen molar-refractivity contribution in [3.8, 4) is 12.1 Å². The fraction of sp³-hybridized carbons (Fsp3) is 0.500. The zero-order valence-corrected chi connectivity index (χ0v) is 9.01. The molecule has 1 aliphatic rings. The van der Waals surface area contributed by atoms with E-state index in [0.717, 1.165) is 0 Å². The molecule has 0 spiro atoms. The first-order chi connectivity index (χ1) is 7.78. The quantitative estimate of drug-likeness (QED) is 0.776. The highest BCUT2D eigenvalue weighted by molar-refractivity contribution is 5.34. The van der Waals surface area contributed by atoms with E-state index in [-0.39, 0.29) is 12.0 Å². The summed E-state index contributed by atoms with van der Waals surface area (Å²) in [6.07, 6.45) is 1.92. The van der Waals surface area contributed by atoms with E-state index in [9.17, 15) is 10.5 Å². The van der Waals surface area contributed by atoms with Crippen LogP contribution in [0.2, 0.25) is 0 Å². The van der Waals surface area contributed by atoms with E-state index < -0.39 is 5.41 Å². The molecule has 1 heterocycles. The molecule has 0 unspecified atom stereocenters. The molecule has 0 amide bonds. The highest BCUT2D eigenvalue weighted by Crippen LogP contribution is 2.53. The summed E-state index contributed by atoms with van der Waals surface area (Å²) in [5.74, 6) is 0.521. The van der Waals surface area contributed by atoms with Gasteiger partial charge in [0.25, 0.3) is 0 Å². The fourth-order valence-corrected chi connectivity index (χ4v) is 2.21. The molecular formula is C12H12N2O2. The van der Waals surface area contributed by atoms with Crippen LogP contribution in [0.15, 0.2) is 22.8 Å². The van der Waals surface area contributed by atoms with Gasteiger partial charge in [-0.05, 0) is 25.5 Å². The van der Waals surface area contributed by atoms with Crippen LogP contribution in [0.1, 0.15) is 25.0 Å². The Balaban J connectivity index is 2.26. The third kappa shape index (κ3) is 1.31. The first-order valence-electron chi connectivity index (χ1n) is 5.26. The molecule has 0 radical (unpaired) electrons. The molecule has 2 atom stereocenters. The predicted octanol–water partition coefficient (Wildman–Crippen LogP) is 2.21. The molecule has 1 aliphatic carbocycles. The van der Waals surface area contributed by atoms with Crippen LogP contribution < -0.4 is 0 Å². The monoisotopic (exact) mass is 216 g/mol. The standard InChI is InChI=1S/C12H12N2O2/c1-2-15-11-6-9(10-4-3-5-16-10)12(11,7-13)8-14/h3-5,9,11H,2,6H2,1H3/t9-,11+/m0/s1. The summed E-state index contributed by atoms with van der Waals surface area (Å²) in [5.41, 5.74) is -1.09. The molecule has 4 nitrogen and oxygen atoms in total. The van der Waals surface area contributed by atoms with Gasteiger partial charge < -0.3 is 9.15 Å². The Morgan fingerprint density at radius 2 is 2.31 bits per heavy atom. The molecule has 16 heavy (non-hydrogen) atoms. The maximum absolute atomic E-state index is 9.21. The van der Waals surface area contributed by atoms with Crippen molar-refractivity contribution in [2.24, 2.45) is 5.41 Å². The lowest BCUT2D eigenvalue weighted by atomic mass is 9.58. The summed E-state index contributed by atoms with van der Waals surface area (Å²) >= 11 is 0. The summed E-state index contributed by atoms with van der Waals surface area (Å²) in [6.45, 7) is 2.38. The van der Waals surface area contributed by atoms with Gasteiger partial charge in [0.1, 0.15) is 5.76 Å². The minimum atomic E-state index is -1.09. The number of rotatable bonds is 3. The lowest BCUT2D eigenvalue weighted by Crippen LogP contribution is -2.51. The molecule has 0 saturated heterocycles. The van der Waals surface area contributed by atoms with Crippen LogP contribution in [0.25, 0.3) is 0 Å². The molecule has 4 heteroatoms. The highest BCUT2D eigenvalue weighted by atomic mass is 16.5. The second-order valence-corrected chi connectivity index (χ2v) is 3.84. The summed E-state index contributed by atoms with van der Waals surface area (Å²) in [6, 6.07) is 7.75. The van der Waals surface area contributed by atoms with Gasteiger partial charge in [-0.15, -0.1) is 0 Å². The maximum Gasteiger partial charge on any atom is 0.179 e. The molecule has 82 valence electrons. The first kappa shape index (κ1) is 10.7. The molecule has 1 aromatic heterocycles. The van der Waals surface area contributed by atoms with E-state index in [1.54, 1.807) is 18.4 Å². The lowest BCUT2D eigenvalue weighted by Gasteiger charge is -2.45. The number of hydrogen-bond donors (Lipinski definition) is 0. The van der Waals surface area contributed by atoms with Gasteiger partial charge in [-0.3, -0.25) is 0 Å². The Hall–Kier alpha value is -1.78. The zero-order chi connectivity index (χ0) is 11.6. The van der Waals surface area contributed by atoms with Gasteiger partial charge in [0, 0.05) is 6.61 Å². The average Bonchev–Trinajstić information content (AvgIpc) is 2.79. The van der Waals surface area contributed by atoms with Gasteiger partial charge in [-0.25, -0.2) is 0 Å². The lowest BCUT2D eigenvalue weighted by molar-refractivity contribution is -0.0724. The molecule has 2 rings (SSSR count). The van der Waals surface area contributed by atoms with Gasteiger partial charge in [0.15, 0.2) is 5.41 Å². The van der Waals surface area contributed by atoms with Crippen molar-refractivity contribution >= 4 is 0 Å². The molecule has 1 fully saturated rings. The Morgan fingerprint density at radius 1 is 1.56 bits per heavy atom. The van der Waals surface area contributed by atoms with E-state index in [0.29, 0.717) is 18.8 Å². The molecule has 1 saturated carbocycles. The van der Waals surface area contributed by atoms with Gasteiger partial charge in [-0.1, -0.05) is 0 Å². The van der Waals surface area contributed by atoms with Crippen LogP contribution in [-0.2, 0) is 4.74 Å². The predicted molar refractivity (Wildman–Crippen MR) is 55.1 cm³/mol. The molecule has 0 N–H and O–H groups in total. The average molecular weight is 216 g/mol. The SMILES string of the molecule is CCO[C@@H]1C[C@@H](c2ccco2)C1(C#N)C#N. The van der Waals surface area contributed by atoms with Crippen molar-refractivity contribution in [2.45, 2.75) is 25.4 Å². The Kier molecular flexibility index (Phi) is 2.68. The fourth-order valence-electron chi connectivity index (χ4n) is 2.21. The number of ether oxygens (including phenoxy) is 1. The van der Waals surface area contributed by atoms with E-state index in [1.165, 1.54) is 0 Å². The zero-order valence-electron chi connectivity index (χ0n) is 9.01. The highest BCUT2D eigenvalue weighted by Gasteiger charge is 2.59. The van der Waals surface area contributed by atoms with Crippen molar-refractivity contribution in [3.63, 3.8) is 0 Å². The van der Waals surface area contributed by atoms with Crippen LogP contribution in [0.3, 0.4) is 0 Å². The maximum atomic E-state index is 9.21. The third-order valence-corrected chi connectivity index (χ3v) is 3.13. The second-order valence-electron chi connectivity index (χ2n) is 3.84. The minimum Gasteiger partial charge on any atom is -0.469 e. The number of nitriles is 2. The van der Waals surface area contributed by atoms with Crippen LogP contribution in [0.4, 0.5) is 0 Å². The van der Waals surface area contributed by atoms with Crippen LogP contribution in [0.5, 0.6) is 0 Å². The van der Waals surface area contributed by atoms with Gasteiger partial charge in [0.05, 0.1) is 30.4 Å². The van der Waals surface area contributed by atoms with E-state index in [1.807, 2.05) is 6.92 Å². The third-order valence-electron chi connectivity index (χ3n) is 3.13. The molecular weight excluding hydrogens is 204 g/mol. The van der Waals surface area contributed by atoms with E-state index in [4.69, 9.17) is 9.15 Å². The number of hydrogen-bond acceptors (Lipinski definition) is 4. The van der Waals surface area contributed by atoms with Crippen molar-refractivity contribution < 1.29 is 9.15 Å². The van der Waals surface area contributed by atoms with E-state index in [2.05, 4.69) is 12.1 Å². The van der Waals surface area contributed by atoms with Gasteiger partial charge >= 0.3 is 0 Å². The first-order valence-corrected chi connectivity index (χ1v) is 5.26. The van der Waals surface area contributed by atoms with Gasteiger partial charge in [0.2, 0.25) is 0 Å². The number of nitrogens with zero attached hydrogens (tertiary/aromatic N) is 2. The van der Waals surface area contributed by atoms with Crippen molar-refractivity contribution in [3.05, 3.63) is 24.2 Å². The Labute approximate surface area is 94.0 Å². The summed E-state index contributed by atoms with van der Waals surface area (Å²) in [5, 5.41) is 18.4. The normalized spacial score (nSPS) is 26.4. The van der Waals surface area contributed by atoms with Crippen molar-refractivity contribution in [2.75, 3.05) is 6.61 Å².